The lowest BCUT2D eigenvalue weighted by atomic mass is 10.1. The Kier molecular flexibility index (Phi) is 9.38. The van der Waals surface area contributed by atoms with Crippen LogP contribution in [-0.4, -0.2) is 60.2 Å². The van der Waals surface area contributed by atoms with E-state index in [-0.39, 0.29) is 13.2 Å². The van der Waals surface area contributed by atoms with E-state index in [9.17, 15) is 10.2 Å². The molecule has 0 radical (unpaired) electrons. The Morgan fingerprint density at radius 1 is 0.613 bits per heavy atom. The number of aliphatic hydroxyl groups excluding tert-OH is 2. The zero-order valence-electron chi connectivity index (χ0n) is 17.7. The molecule has 0 amide bonds. The van der Waals surface area contributed by atoms with Crippen molar-refractivity contribution in [1.29, 1.82) is 0 Å². The first-order chi connectivity index (χ1) is 15.2. The Morgan fingerprint density at radius 3 is 1.48 bits per heavy atom. The molecule has 0 aliphatic heterocycles. The summed E-state index contributed by atoms with van der Waals surface area (Å²) in [5, 5.41) is 21.0. The number of benzene rings is 3. The highest BCUT2D eigenvalue weighted by molar-refractivity contribution is 5.21. The molecule has 3 aromatic rings. The zero-order valence-corrected chi connectivity index (χ0v) is 17.7. The highest BCUT2D eigenvalue weighted by Gasteiger charge is 2.17. The Labute approximate surface area is 184 Å². The van der Waals surface area contributed by atoms with Crippen LogP contribution in [-0.2, 0) is 6.42 Å². The molecule has 2 unspecified atom stereocenters. The molecule has 2 N–H and O–H groups in total. The SMILES string of the molecule is OC(COc1ccccc1)CN(CCc1ccccc1)CC(O)COc1ccccc1. The number of ether oxygens (including phenoxy) is 2. The number of hydrogen-bond donors (Lipinski definition) is 2. The molecule has 0 heterocycles. The van der Waals surface area contributed by atoms with Gasteiger partial charge in [-0.1, -0.05) is 66.7 Å². The van der Waals surface area contributed by atoms with Gasteiger partial charge in [0.05, 0.1) is 0 Å². The second-order valence-corrected chi connectivity index (χ2v) is 7.55. The van der Waals surface area contributed by atoms with Gasteiger partial charge in [-0.25, -0.2) is 0 Å². The Morgan fingerprint density at radius 2 is 1.03 bits per heavy atom. The van der Waals surface area contributed by atoms with Crippen molar-refractivity contribution in [2.24, 2.45) is 0 Å². The molecule has 164 valence electrons. The molecule has 0 spiro atoms. The minimum atomic E-state index is -0.668. The van der Waals surface area contributed by atoms with E-state index in [2.05, 4.69) is 17.0 Å². The van der Waals surface area contributed by atoms with Crippen LogP contribution in [0.15, 0.2) is 91.0 Å². The minimum Gasteiger partial charge on any atom is -0.491 e. The average Bonchev–Trinajstić information content (AvgIpc) is 2.82. The predicted octanol–water partition coefficient (Wildman–Crippen LogP) is 3.41. The molecule has 0 aliphatic carbocycles. The smallest absolute Gasteiger partial charge is 0.119 e. The van der Waals surface area contributed by atoms with E-state index in [4.69, 9.17) is 9.47 Å². The molecule has 31 heavy (non-hydrogen) atoms. The maximum absolute atomic E-state index is 10.5. The van der Waals surface area contributed by atoms with Crippen LogP contribution in [0.4, 0.5) is 0 Å². The Balaban J connectivity index is 1.51. The highest BCUT2D eigenvalue weighted by atomic mass is 16.5. The maximum Gasteiger partial charge on any atom is 0.119 e. The van der Waals surface area contributed by atoms with Crippen molar-refractivity contribution in [3.05, 3.63) is 96.6 Å². The summed E-state index contributed by atoms with van der Waals surface area (Å²) in [6.07, 6.45) is -0.504. The lowest BCUT2D eigenvalue weighted by molar-refractivity contribution is 0.0318. The third-order valence-corrected chi connectivity index (χ3v) is 4.87. The van der Waals surface area contributed by atoms with Crippen LogP contribution in [0.2, 0.25) is 0 Å². The lowest BCUT2D eigenvalue weighted by Gasteiger charge is -2.27. The zero-order chi connectivity index (χ0) is 21.7. The van der Waals surface area contributed by atoms with Crippen molar-refractivity contribution in [2.75, 3.05) is 32.8 Å². The largest absolute Gasteiger partial charge is 0.491 e. The number of hydrogen-bond acceptors (Lipinski definition) is 5. The van der Waals surface area contributed by atoms with Gasteiger partial charge in [0.2, 0.25) is 0 Å². The van der Waals surface area contributed by atoms with Gasteiger partial charge in [-0.2, -0.15) is 0 Å². The van der Waals surface area contributed by atoms with E-state index in [1.54, 1.807) is 0 Å². The minimum absolute atomic E-state index is 0.197. The molecular weight excluding hydrogens is 390 g/mol. The quantitative estimate of drug-likeness (QED) is 0.443. The number of rotatable bonds is 13. The van der Waals surface area contributed by atoms with Gasteiger partial charge >= 0.3 is 0 Å². The average molecular weight is 422 g/mol. The van der Waals surface area contributed by atoms with Crippen LogP contribution >= 0.6 is 0 Å². The van der Waals surface area contributed by atoms with E-state index in [1.807, 2.05) is 78.9 Å². The van der Waals surface area contributed by atoms with Crippen LogP contribution < -0.4 is 9.47 Å². The first-order valence-electron chi connectivity index (χ1n) is 10.7. The van der Waals surface area contributed by atoms with Gasteiger partial charge in [-0.3, -0.25) is 4.90 Å². The van der Waals surface area contributed by atoms with E-state index in [0.29, 0.717) is 13.1 Å². The molecule has 0 aliphatic rings. The molecule has 0 aromatic heterocycles. The fourth-order valence-corrected chi connectivity index (χ4v) is 3.31. The summed E-state index contributed by atoms with van der Waals surface area (Å²) in [7, 11) is 0. The van der Waals surface area contributed by atoms with Gasteiger partial charge in [0.1, 0.15) is 36.9 Å². The van der Waals surface area contributed by atoms with Crippen LogP contribution in [0.3, 0.4) is 0 Å². The fraction of sp³-hybridized carbons (Fsp3) is 0.308. The first-order valence-corrected chi connectivity index (χ1v) is 10.7. The Hall–Kier alpha value is -2.86. The van der Waals surface area contributed by atoms with E-state index in [1.165, 1.54) is 5.56 Å². The molecule has 0 saturated carbocycles. The molecule has 5 heteroatoms. The summed E-state index contributed by atoms with van der Waals surface area (Å²) in [5.74, 6) is 1.46. The van der Waals surface area contributed by atoms with Gasteiger partial charge in [0.15, 0.2) is 0 Å². The summed E-state index contributed by atoms with van der Waals surface area (Å²) in [5.41, 5.74) is 1.22. The summed E-state index contributed by atoms with van der Waals surface area (Å²) in [6.45, 7) is 1.92. The highest BCUT2D eigenvalue weighted by Crippen LogP contribution is 2.11. The summed E-state index contributed by atoms with van der Waals surface area (Å²) >= 11 is 0. The molecule has 3 rings (SSSR count). The summed E-state index contributed by atoms with van der Waals surface area (Å²) in [6, 6.07) is 29.1. The molecule has 0 saturated heterocycles. The van der Waals surface area contributed by atoms with Crippen LogP contribution in [0.5, 0.6) is 11.5 Å². The first kappa shape index (κ1) is 22.8. The molecule has 0 fully saturated rings. The monoisotopic (exact) mass is 421 g/mol. The molecular formula is C26H31NO4. The standard InChI is InChI=1S/C26H31NO4/c28-23(20-30-25-12-6-2-7-13-25)18-27(17-16-22-10-4-1-5-11-22)19-24(29)21-31-26-14-8-3-9-15-26/h1-15,23-24,28-29H,16-21H2. The van der Waals surface area contributed by atoms with Gasteiger partial charge in [0, 0.05) is 19.6 Å². The molecule has 0 bridgehead atoms. The van der Waals surface area contributed by atoms with Crippen molar-refractivity contribution in [2.45, 2.75) is 18.6 Å². The molecule has 5 nitrogen and oxygen atoms in total. The van der Waals surface area contributed by atoms with Crippen molar-refractivity contribution in [3.8, 4) is 11.5 Å². The molecule has 3 aromatic carbocycles. The number of para-hydroxylation sites is 2. The summed E-state index contributed by atoms with van der Waals surface area (Å²) in [4.78, 5) is 2.06. The second kappa shape index (κ2) is 12.7. The van der Waals surface area contributed by atoms with Crippen molar-refractivity contribution >= 4 is 0 Å². The maximum atomic E-state index is 10.5. The van der Waals surface area contributed by atoms with Crippen LogP contribution in [0, 0.1) is 0 Å². The third-order valence-electron chi connectivity index (χ3n) is 4.87. The Bertz CT molecular complexity index is 794. The third kappa shape index (κ3) is 8.80. The second-order valence-electron chi connectivity index (χ2n) is 7.55. The number of aliphatic hydroxyl groups is 2. The number of nitrogens with zero attached hydrogens (tertiary/aromatic N) is 1. The van der Waals surface area contributed by atoms with Crippen LogP contribution in [0.1, 0.15) is 5.56 Å². The molecule has 2 atom stereocenters. The van der Waals surface area contributed by atoms with Crippen LogP contribution in [0.25, 0.3) is 0 Å². The van der Waals surface area contributed by atoms with Gasteiger partial charge in [0.25, 0.3) is 0 Å². The van der Waals surface area contributed by atoms with Gasteiger partial charge in [-0.05, 0) is 36.2 Å². The van der Waals surface area contributed by atoms with Crippen molar-refractivity contribution in [1.82, 2.24) is 4.90 Å². The van der Waals surface area contributed by atoms with E-state index >= 15 is 0 Å². The van der Waals surface area contributed by atoms with Crippen molar-refractivity contribution in [3.63, 3.8) is 0 Å². The summed E-state index contributed by atoms with van der Waals surface area (Å²) < 4.78 is 11.4. The van der Waals surface area contributed by atoms with Gasteiger partial charge < -0.3 is 19.7 Å². The van der Waals surface area contributed by atoms with Crippen molar-refractivity contribution < 1.29 is 19.7 Å². The topological polar surface area (TPSA) is 62.2 Å². The van der Waals surface area contributed by atoms with E-state index < -0.39 is 12.2 Å². The predicted molar refractivity (Wildman–Crippen MR) is 122 cm³/mol. The fourth-order valence-electron chi connectivity index (χ4n) is 3.31. The lowest BCUT2D eigenvalue weighted by Crippen LogP contribution is -2.42. The van der Waals surface area contributed by atoms with Gasteiger partial charge in [-0.15, -0.1) is 0 Å². The normalized spacial score (nSPS) is 13.0. The van der Waals surface area contributed by atoms with E-state index in [0.717, 1.165) is 24.5 Å².